The number of aromatic nitrogens is 3. The first-order valence-corrected chi connectivity index (χ1v) is 10.4. The lowest BCUT2D eigenvalue weighted by molar-refractivity contribution is -0.125. The van der Waals surface area contributed by atoms with E-state index < -0.39 is 0 Å². The average molecular weight is 412 g/mol. The number of rotatable bonds is 6. The molecule has 1 amide bonds. The van der Waals surface area contributed by atoms with Crippen molar-refractivity contribution in [3.63, 3.8) is 0 Å². The minimum Gasteiger partial charge on any atom is -0.352 e. The molecular formula is C21H22FN5OS. The van der Waals surface area contributed by atoms with Crippen LogP contribution in [0.5, 0.6) is 0 Å². The molecule has 2 aromatic heterocycles. The zero-order valence-electron chi connectivity index (χ0n) is 15.9. The summed E-state index contributed by atoms with van der Waals surface area (Å²) in [6, 6.07) is 10.2. The van der Waals surface area contributed by atoms with E-state index >= 15 is 0 Å². The summed E-state index contributed by atoms with van der Waals surface area (Å²) in [5.74, 6) is 0.623. The SMILES string of the molecule is O=C(NCc1cccnc1)C1CCN(c2nc(Cc3ccc(F)cc3)ns2)CC1. The molecule has 1 aliphatic rings. The number of carbonyl (C=O) groups is 1. The summed E-state index contributed by atoms with van der Waals surface area (Å²) in [5, 5.41) is 3.89. The molecule has 1 N–H and O–H groups in total. The van der Waals surface area contributed by atoms with E-state index in [4.69, 9.17) is 0 Å². The molecule has 0 aliphatic carbocycles. The van der Waals surface area contributed by atoms with Gasteiger partial charge >= 0.3 is 0 Å². The van der Waals surface area contributed by atoms with Gasteiger partial charge in [-0.2, -0.15) is 4.37 Å². The van der Waals surface area contributed by atoms with Crippen LogP contribution in [0, 0.1) is 11.7 Å². The predicted molar refractivity (Wildman–Crippen MR) is 110 cm³/mol. The Morgan fingerprint density at radius 2 is 1.97 bits per heavy atom. The minimum atomic E-state index is -0.243. The van der Waals surface area contributed by atoms with E-state index in [1.807, 2.05) is 12.1 Å². The van der Waals surface area contributed by atoms with Crippen molar-refractivity contribution >= 4 is 22.6 Å². The first-order chi connectivity index (χ1) is 14.2. The number of nitrogens with one attached hydrogen (secondary N) is 1. The number of benzene rings is 1. The van der Waals surface area contributed by atoms with Crippen LogP contribution in [0.4, 0.5) is 9.52 Å². The number of amides is 1. The fourth-order valence-corrected chi connectivity index (χ4v) is 4.14. The molecule has 0 unspecified atom stereocenters. The fraction of sp³-hybridized carbons (Fsp3) is 0.333. The lowest BCUT2D eigenvalue weighted by atomic mass is 9.96. The van der Waals surface area contributed by atoms with Crippen molar-refractivity contribution in [2.75, 3.05) is 18.0 Å². The van der Waals surface area contributed by atoms with Gasteiger partial charge in [0.2, 0.25) is 11.0 Å². The van der Waals surface area contributed by atoms with Gasteiger partial charge in [-0.1, -0.05) is 18.2 Å². The van der Waals surface area contributed by atoms with Crippen molar-refractivity contribution in [3.05, 3.63) is 71.6 Å². The van der Waals surface area contributed by atoms with E-state index in [1.165, 1.54) is 23.7 Å². The van der Waals surface area contributed by atoms with Crippen LogP contribution in [0.2, 0.25) is 0 Å². The van der Waals surface area contributed by atoms with Gasteiger partial charge in [-0.25, -0.2) is 9.37 Å². The van der Waals surface area contributed by atoms with Crippen molar-refractivity contribution in [1.82, 2.24) is 19.7 Å². The summed E-state index contributed by atoms with van der Waals surface area (Å²) >= 11 is 1.38. The number of carbonyl (C=O) groups excluding carboxylic acids is 1. The first kappa shape index (κ1) is 19.4. The number of hydrogen-bond donors (Lipinski definition) is 1. The Hall–Kier alpha value is -2.87. The van der Waals surface area contributed by atoms with Gasteiger partial charge in [0, 0.05) is 55.9 Å². The van der Waals surface area contributed by atoms with Crippen LogP contribution in [-0.4, -0.2) is 33.3 Å². The topological polar surface area (TPSA) is 71.0 Å². The lowest BCUT2D eigenvalue weighted by Crippen LogP contribution is -2.40. The molecule has 6 nitrogen and oxygen atoms in total. The van der Waals surface area contributed by atoms with Gasteiger partial charge in [0.1, 0.15) is 11.6 Å². The van der Waals surface area contributed by atoms with E-state index in [1.54, 1.807) is 24.5 Å². The Morgan fingerprint density at radius 3 is 2.69 bits per heavy atom. The van der Waals surface area contributed by atoms with E-state index in [2.05, 4.69) is 24.6 Å². The van der Waals surface area contributed by atoms with Crippen LogP contribution in [0.15, 0.2) is 48.8 Å². The van der Waals surface area contributed by atoms with Crippen molar-refractivity contribution in [2.24, 2.45) is 5.92 Å². The van der Waals surface area contributed by atoms with Gasteiger partial charge in [-0.3, -0.25) is 9.78 Å². The summed E-state index contributed by atoms with van der Waals surface area (Å²) in [4.78, 5) is 23.3. The second kappa shape index (κ2) is 9.09. The first-order valence-electron chi connectivity index (χ1n) is 9.66. The molecule has 3 heterocycles. The zero-order valence-corrected chi connectivity index (χ0v) is 16.7. The summed E-state index contributed by atoms with van der Waals surface area (Å²) in [6.07, 6.45) is 5.67. The van der Waals surface area contributed by atoms with E-state index in [-0.39, 0.29) is 17.6 Å². The molecule has 8 heteroatoms. The molecule has 1 saturated heterocycles. The van der Waals surface area contributed by atoms with Crippen molar-refractivity contribution < 1.29 is 9.18 Å². The Morgan fingerprint density at radius 1 is 1.17 bits per heavy atom. The van der Waals surface area contributed by atoms with Gasteiger partial charge in [0.15, 0.2) is 0 Å². The van der Waals surface area contributed by atoms with Gasteiger partial charge in [0.25, 0.3) is 0 Å². The molecule has 0 atom stereocenters. The summed E-state index contributed by atoms with van der Waals surface area (Å²) in [6.45, 7) is 2.09. The molecule has 1 aromatic carbocycles. The molecule has 0 radical (unpaired) electrons. The Labute approximate surface area is 173 Å². The third-order valence-electron chi connectivity index (χ3n) is 5.06. The van der Waals surface area contributed by atoms with Crippen molar-refractivity contribution in [2.45, 2.75) is 25.8 Å². The average Bonchev–Trinajstić information content (AvgIpc) is 3.23. The highest BCUT2D eigenvalue weighted by Crippen LogP contribution is 2.25. The Kier molecular flexibility index (Phi) is 6.09. The minimum absolute atomic E-state index is 0.0227. The van der Waals surface area contributed by atoms with E-state index in [0.29, 0.717) is 13.0 Å². The van der Waals surface area contributed by atoms with E-state index in [9.17, 15) is 9.18 Å². The van der Waals surface area contributed by atoms with Gasteiger partial charge in [-0.05, 0) is 42.2 Å². The molecule has 0 saturated carbocycles. The van der Waals surface area contributed by atoms with Crippen LogP contribution in [-0.2, 0) is 17.8 Å². The highest BCUT2D eigenvalue weighted by atomic mass is 32.1. The molecule has 150 valence electrons. The number of nitrogens with zero attached hydrogens (tertiary/aromatic N) is 4. The number of piperidine rings is 1. The molecule has 0 bridgehead atoms. The van der Waals surface area contributed by atoms with Crippen molar-refractivity contribution in [1.29, 1.82) is 0 Å². The monoisotopic (exact) mass is 411 g/mol. The third kappa shape index (κ3) is 5.14. The molecule has 29 heavy (non-hydrogen) atoms. The highest BCUT2D eigenvalue weighted by molar-refractivity contribution is 7.09. The molecule has 0 spiro atoms. The third-order valence-corrected chi connectivity index (χ3v) is 5.87. The largest absolute Gasteiger partial charge is 0.352 e. The molecular weight excluding hydrogens is 389 g/mol. The van der Waals surface area contributed by atoms with Crippen LogP contribution in [0.3, 0.4) is 0 Å². The Bertz CT molecular complexity index is 939. The van der Waals surface area contributed by atoms with Gasteiger partial charge < -0.3 is 10.2 Å². The number of halogens is 1. The normalized spacial score (nSPS) is 14.7. The zero-order chi connectivity index (χ0) is 20.1. The smallest absolute Gasteiger partial charge is 0.223 e. The standard InChI is InChI=1S/C21H22FN5OS/c22-18-5-3-15(4-6-18)12-19-25-21(29-26-19)27-10-7-17(8-11-27)20(28)24-14-16-2-1-9-23-13-16/h1-6,9,13,17H,7-8,10-12,14H2,(H,24,28). The second-order valence-electron chi connectivity index (χ2n) is 7.14. The fourth-order valence-electron chi connectivity index (χ4n) is 3.40. The van der Waals surface area contributed by atoms with Crippen LogP contribution < -0.4 is 10.2 Å². The highest BCUT2D eigenvalue weighted by Gasteiger charge is 2.26. The maximum Gasteiger partial charge on any atom is 0.223 e. The summed E-state index contributed by atoms with van der Waals surface area (Å²) < 4.78 is 17.5. The van der Waals surface area contributed by atoms with Crippen molar-refractivity contribution in [3.8, 4) is 0 Å². The molecule has 4 rings (SSSR count). The molecule has 3 aromatic rings. The number of hydrogen-bond acceptors (Lipinski definition) is 6. The van der Waals surface area contributed by atoms with Crippen LogP contribution in [0.1, 0.15) is 29.8 Å². The second-order valence-corrected chi connectivity index (χ2v) is 7.87. The number of pyridine rings is 1. The summed E-state index contributed by atoms with van der Waals surface area (Å²) in [7, 11) is 0. The quantitative estimate of drug-likeness (QED) is 0.675. The maximum atomic E-state index is 13.0. The molecule has 1 aliphatic heterocycles. The van der Waals surface area contributed by atoms with Gasteiger partial charge in [-0.15, -0.1) is 0 Å². The Balaban J connectivity index is 1.26. The predicted octanol–water partition coefficient (Wildman–Crippen LogP) is 3.20. The lowest BCUT2D eigenvalue weighted by Gasteiger charge is -2.30. The summed E-state index contributed by atoms with van der Waals surface area (Å²) in [5.41, 5.74) is 1.99. The van der Waals surface area contributed by atoms with E-state index in [0.717, 1.165) is 48.0 Å². The molecule has 1 fully saturated rings. The van der Waals surface area contributed by atoms with Gasteiger partial charge in [0.05, 0.1) is 0 Å². The van der Waals surface area contributed by atoms with Crippen LogP contribution in [0.25, 0.3) is 0 Å². The van der Waals surface area contributed by atoms with Crippen LogP contribution >= 0.6 is 11.5 Å². The maximum absolute atomic E-state index is 13.0. The number of anilines is 1.